The largest absolute Gasteiger partial charge is 0.496 e. The molecule has 0 aromatic rings. The van der Waals surface area contributed by atoms with Crippen molar-refractivity contribution in [3.63, 3.8) is 0 Å². The van der Waals surface area contributed by atoms with Crippen molar-refractivity contribution in [3.05, 3.63) is 23.5 Å². The Hall–Kier alpha value is -0.930. The van der Waals surface area contributed by atoms with Crippen LogP contribution >= 0.6 is 0 Å². The SMILES string of the molecule is COC1=CCCC=C1C(F)(F)F. The van der Waals surface area contributed by atoms with Crippen molar-refractivity contribution in [1.82, 2.24) is 0 Å². The smallest absolute Gasteiger partial charge is 0.419 e. The predicted octanol–water partition coefficient (Wildman–Crippen LogP) is 2.80. The number of alkyl halides is 3. The van der Waals surface area contributed by atoms with Crippen LogP contribution in [0.5, 0.6) is 0 Å². The molecule has 68 valence electrons. The fourth-order valence-electron chi connectivity index (χ4n) is 1.10. The predicted molar refractivity (Wildman–Crippen MR) is 38.5 cm³/mol. The molecule has 0 bridgehead atoms. The Balaban J connectivity index is 2.88. The third kappa shape index (κ3) is 1.81. The Morgan fingerprint density at radius 3 is 2.25 bits per heavy atom. The second kappa shape index (κ2) is 3.21. The van der Waals surface area contributed by atoms with Crippen LogP contribution in [0.1, 0.15) is 12.8 Å². The zero-order valence-corrected chi connectivity index (χ0v) is 6.61. The number of hydrogen-bond acceptors (Lipinski definition) is 1. The molecule has 1 nitrogen and oxygen atoms in total. The Labute approximate surface area is 68.5 Å². The second-order valence-electron chi connectivity index (χ2n) is 2.47. The van der Waals surface area contributed by atoms with Gasteiger partial charge in [-0.2, -0.15) is 13.2 Å². The Bertz CT molecular complexity index is 225. The van der Waals surface area contributed by atoms with Crippen molar-refractivity contribution in [2.24, 2.45) is 0 Å². The number of rotatable bonds is 1. The highest BCUT2D eigenvalue weighted by atomic mass is 19.4. The summed E-state index contributed by atoms with van der Waals surface area (Å²) in [5, 5.41) is 0. The first-order valence-electron chi connectivity index (χ1n) is 3.57. The fraction of sp³-hybridized carbons (Fsp3) is 0.500. The standard InChI is InChI=1S/C8H9F3O/c1-12-7-5-3-2-4-6(7)8(9,10)11/h4-5H,2-3H2,1H3. The van der Waals surface area contributed by atoms with Gasteiger partial charge < -0.3 is 4.74 Å². The van der Waals surface area contributed by atoms with E-state index >= 15 is 0 Å². The van der Waals surface area contributed by atoms with E-state index in [4.69, 9.17) is 0 Å². The van der Waals surface area contributed by atoms with Gasteiger partial charge in [-0.05, 0) is 18.9 Å². The van der Waals surface area contributed by atoms with Crippen LogP contribution < -0.4 is 0 Å². The summed E-state index contributed by atoms with van der Waals surface area (Å²) >= 11 is 0. The van der Waals surface area contributed by atoms with Crippen molar-refractivity contribution < 1.29 is 17.9 Å². The van der Waals surface area contributed by atoms with Crippen molar-refractivity contribution in [3.8, 4) is 0 Å². The van der Waals surface area contributed by atoms with Gasteiger partial charge in [0, 0.05) is 0 Å². The van der Waals surface area contributed by atoms with Crippen molar-refractivity contribution in [2.45, 2.75) is 19.0 Å². The van der Waals surface area contributed by atoms with Crippen LogP contribution in [0.2, 0.25) is 0 Å². The molecule has 0 saturated carbocycles. The lowest BCUT2D eigenvalue weighted by Crippen LogP contribution is -2.16. The lowest BCUT2D eigenvalue weighted by Gasteiger charge is -2.17. The van der Waals surface area contributed by atoms with E-state index < -0.39 is 11.7 Å². The Morgan fingerprint density at radius 1 is 1.25 bits per heavy atom. The van der Waals surface area contributed by atoms with E-state index in [1.54, 1.807) is 0 Å². The van der Waals surface area contributed by atoms with E-state index in [2.05, 4.69) is 4.74 Å². The molecule has 0 saturated heterocycles. The van der Waals surface area contributed by atoms with Crippen LogP contribution in [0.4, 0.5) is 13.2 Å². The van der Waals surface area contributed by atoms with E-state index in [0.29, 0.717) is 12.8 Å². The summed E-state index contributed by atoms with van der Waals surface area (Å²) < 4.78 is 41.2. The molecule has 0 unspecified atom stereocenters. The van der Waals surface area contributed by atoms with Crippen LogP contribution in [0.15, 0.2) is 23.5 Å². The number of halogens is 3. The summed E-state index contributed by atoms with van der Waals surface area (Å²) in [7, 11) is 1.25. The number of allylic oxidation sites excluding steroid dienone is 3. The van der Waals surface area contributed by atoms with E-state index in [0.717, 1.165) is 0 Å². The van der Waals surface area contributed by atoms with E-state index in [-0.39, 0.29) is 5.76 Å². The highest BCUT2D eigenvalue weighted by molar-refractivity contribution is 5.32. The van der Waals surface area contributed by atoms with Crippen LogP contribution in [-0.4, -0.2) is 13.3 Å². The van der Waals surface area contributed by atoms with Crippen LogP contribution in [0.3, 0.4) is 0 Å². The summed E-state index contributed by atoms with van der Waals surface area (Å²) in [5.41, 5.74) is -0.656. The van der Waals surface area contributed by atoms with E-state index in [1.807, 2.05) is 0 Å². The second-order valence-corrected chi connectivity index (χ2v) is 2.47. The molecule has 0 fully saturated rings. The summed E-state index contributed by atoms with van der Waals surface area (Å²) in [6.07, 6.45) is -0.617. The Kier molecular flexibility index (Phi) is 2.45. The van der Waals surface area contributed by atoms with Gasteiger partial charge in [-0.1, -0.05) is 6.08 Å². The van der Waals surface area contributed by atoms with Gasteiger partial charge in [-0.3, -0.25) is 0 Å². The van der Waals surface area contributed by atoms with Crippen LogP contribution in [-0.2, 0) is 4.74 Å². The van der Waals surface area contributed by atoms with Gasteiger partial charge in [0.1, 0.15) is 5.76 Å². The zero-order chi connectivity index (χ0) is 9.19. The average molecular weight is 178 g/mol. The molecular weight excluding hydrogens is 169 g/mol. The molecular formula is C8H9F3O. The molecule has 12 heavy (non-hydrogen) atoms. The van der Waals surface area contributed by atoms with Gasteiger partial charge in [-0.25, -0.2) is 0 Å². The average Bonchev–Trinajstić information content (AvgIpc) is 2.03. The highest BCUT2D eigenvalue weighted by Crippen LogP contribution is 2.34. The number of ether oxygens (including phenoxy) is 1. The molecule has 0 spiro atoms. The molecule has 0 aromatic heterocycles. The quantitative estimate of drug-likeness (QED) is 0.599. The van der Waals surface area contributed by atoms with Gasteiger partial charge in [0.15, 0.2) is 0 Å². The molecule has 1 aliphatic carbocycles. The van der Waals surface area contributed by atoms with Gasteiger partial charge in [-0.15, -0.1) is 0 Å². The van der Waals surface area contributed by atoms with Crippen molar-refractivity contribution in [1.29, 1.82) is 0 Å². The van der Waals surface area contributed by atoms with Crippen LogP contribution in [0.25, 0.3) is 0 Å². The Morgan fingerprint density at radius 2 is 1.83 bits per heavy atom. The molecule has 0 aliphatic heterocycles. The molecule has 0 amide bonds. The minimum Gasteiger partial charge on any atom is -0.496 e. The van der Waals surface area contributed by atoms with Crippen molar-refractivity contribution >= 4 is 0 Å². The van der Waals surface area contributed by atoms with Crippen LogP contribution in [0, 0.1) is 0 Å². The maximum absolute atomic E-state index is 12.2. The summed E-state index contributed by atoms with van der Waals surface area (Å²) in [6, 6.07) is 0. The minimum absolute atomic E-state index is 0.0613. The molecule has 1 rings (SSSR count). The molecule has 4 heteroatoms. The first-order chi connectivity index (χ1) is 5.55. The van der Waals surface area contributed by atoms with Gasteiger partial charge in [0.25, 0.3) is 0 Å². The lowest BCUT2D eigenvalue weighted by atomic mass is 10.1. The van der Waals surface area contributed by atoms with Gasteiger partial charge >= 0.3 is 6.18 Å². The minimum atomic E-state index is -4.29. The summed E-state index contributed by atoms with van der Waals surface area (Å²) in [4.78, 5) is 0. The van der Waals surface area contributed by atoms with Gasteiger partial charge in [0.05, 0.1) is 12.7 Å². The first kappa shape index (κ1) is 9.16. The molecule has 0 N–H and O–H groups in total. The van der Waals surface area contributed by atoms with E-state index in [1.165, 1.54) is 19.3 Å². The summed E-state index contributed by atoms with van der Waals surface area (Å²) in [6.45, 7) is 0. The topological polar surface area (TPSA) is 9.23 Å². The third-order valence-corrected chi connectivity index (χ3v) is 1.64. The highest BCUT2D eigenvalue weighted by Gasteiger charge is 2.37. The monoisotopic (exact) mass is 178 g/mol. The zero-order valence-electron chi connectivity index (χ0n) is 6.61. The van der Waals surface area contributed by atoms with E-state index in [9.17, 15) is 13.2 Å². The molecule has 0 aromatic carbocycles. The molecule has 0 atom stereocenters. The van der Waals surface area contributed by atoms with Gasteiger partial charge in [0.2, 0.25) is 0 Å². The number of methoxy groups -OCH3 is 1. The fourth-order valence-corrected chi connectivity index (χ4v) is 1.10. The lowest BCUT2D eigenvalue weighted by molar-refractivity contribution is -0.0937. The normalized spacial score (nSPS) is 18.3. The number of hydrogen-bond donors (Lipinski definition) is 0. The third-order valence-electron chi connectivity index (χ3n) is 1.64. The first-order valence-corrected chi connectivity index (χ1v) is 3.57. The molecule has 1 aliphatic rings. The van der Waals surface area contributed by atoms with Crippen molar-refractivity contribution in [2.75, 3.05) is 7.11 Å². The summed E-state index contributed by atoms with van der Waals surface area (Å²) in [5.74, 6) is -0.0613. The molecule has 0 heterocycles. The maximum Gasteiger partial charge on any atom is 0.419 e. The molecule has 0 radical (unpaired) electrons. The maximum atomic E-state index is 12.2.